The van der Waals surface area contributed by atoms with Gasteiger partial charge in [-0.2, -0.15) is 0 Å². The first-order chi connectivity index (χ1) is 60.1. The second-order valence-electron chi connectivity index (χ2n) is 32.9. The summed E-state index contributed by atoms with van der Waals surface area (Å²) in [5.74, 6) is 7.24. The van der Waals surface area contributed by atoms with Crippen molar-refractivity contribution in [2.24, 2.45) is 11.6 Å². The van der Waals surface area contributed by atoms with Gasteiger partial charge in [-0.1, -0.05) is 179 Å². The molecule has 3 aliphatic carbocycles. The van der Waals surface area contributed by atoms with E-state index in [-0.39, 0.29) is 63.2 Å². The van der Waals surface area contributed by atoms with Crippen molar-refractivity contribution in [2.45, 2.75) is 142 Å². The molecule has 2 amide bonds. The summed E-state index contributed by atoms with van der Waals surface area (Å²) >= 11 is 0. The number of carboxylic acid groups (broad SMARTS) is 1. The van der Waals surface area contributed by atoms with Crippen LogP contribution in [0.15, 0.2) is 274 Å². The SMILES string of the molecule is C.C.CC(C)(C)OC(=O)NC1(c2ccc(-c3nc4ccn5c(-c6ncccn6)nnc5c4cc3-c3ccccc3)cc2)CCC1.CC(C)(C)OC(=O)NC1(c2ccc(-c3nc4ccnc(NN)c4cc3-c3ccccc3)cc2)CCC1.Cl.Cl.NC1(c2ccc(-c3nc4ccn5c(-c6ncccn6)nnc5c4cc3-c3ccccc3)cc2)CCC1.O=C(O)c1ncccn1. The van der Waals surface area contributed by atoms with Crippen molar-refractivity contribution in [2.75, 3.05) is 5.43 Å². The first-order valence-corrected chi connectivity index (χ1v) is 41.1. The lowest BCUT2D eigenvalue weighted by Gasteiger charge is -2.43. The number of alkyl carbamates (subject to hydrolysis) is 2. The molecule has 11 aromatic heterocycles. The molecule has 0 unspecified atom stereocenters. The molecule has 0 atom stereocenters. The Morgan fingerprint density at radius 2 is 0.742 bits per heavy atom. The molecule has 3 fully saturated rings. The topological polar surface area (TPSA) is 367 Å². The van der Waals surface area contributed by atoms with E-state index in [4.69, 9.17) is 41.1 Å². The van der Waals surface area contributed by atoms with E-state index in [0.29, 0.717) is 34.8 Å². The lowest BCUT2D eigenvalue weighted by atomic mass is 9.71. The van der Waals surface area contributed by atoms with Gasteiger partial charge in [0, 0.05) is 111 Å². The van der Waals surface area contributed by atoms with Crippen molar-refractivity contribution < 1.29 is 29.0 Å². The molecule has 3 saturated carbocycles. The van der Waals surface area contributed by atoms with Crippen molar-refractivity contribution in [1.82, 2.24) is 89.7 Å². The van der Waals surface area contributed by atoms with Crippen LogP contribution in [0.1, 0.15) is 141 Å². The molecule has 0 bridgehead atoms. The number of hydrogen-bond donors (Lipinski definition) is 6. The maximum Gasteiger partial charge on any atom is 0.408 e. The number of aromatic carboxylic acids is 1. The minimum atomic E-state index is -1.10. The van der Waals surface area contributed by atoms with Crippen LogP contribution in [0, 0.1) is 0 Å². The second-order valence-corrected chi connectivity index (χ2v) is 32.9. The predicted molar refractivity (Wildman–Crippen MR) is 505 cm³/mol. The number of amides is 2. The van der Waals surface area contributed by atoms with Crippen LogP contribution in [0.4, 0.5) is 15.4 Å². The Morgan fingerprint density at radius 3 is 1.06 bits per heavy atom. The summed E-state index contributed by atoms with van der Waals surface area (Å²) in [6.45, 7) is 11.2. The standard InChI is InChI=1S/C34H31N7O2.C29H23N7.C29H31N5O2.C5H4N2O2.2CH4.2ClH/c1-33(2,3)43-32(42)38-34(16-7-17-34)24-13-11-23(12-14-24)28-25(22-9-5-4-6-10-22)21-26-27(37-28)15-20-41-30(26)39-40-31(41)29-35-18-8-19-36-29;30-29(13-4-14-29)21-10-8-20(9-11-21)25-22(19-6-2-1-3-7-19)18-23-24(33-25)12-17-36-27(23)34-35-28(36)26-31-15-5-16-32-26;1-28(2,3)36-27(35)33-29(15-7-16-29)21-12-10-20(11-13-21)25-22(19-8-5-4-6-9-19)18-23-24(32-25)14-17-31-26(23)34-30;8-5(9)4-6-2-1-3-7-4;;;;/h4-6,8-15,18-21H,7,16-17H2,1-3H3,(H,38,42);1-3,5-12,15-18H,4,13-14,30H2;4-6,8-14,17-18H,7,15-16,30H2,1-3H3,(H,31,34)(H,33,35);1-3H,(H,8,9);2*1H4;2*1H. The van der Waals surface area contributed by atoms with Crippen LogP contribution in [0.5, 0.6) is 0 Å². The van der Waals surface area contributed by atoms with Crippen molar-refractivity contribution in [3.05, 3.63) is 297 Å². The van der Waals surface area contributed by atoms with Crippen molar-refractivity contribution in [1.29, 1.82) is 0 Å². The molecule has 29 heteroatoms. The van der Waals surface area contributed by atoms with Crippen LogP contribution in [0.25, 0.3) is 134 Å². The number of aromatic nitrogens is 16. The summed E-state index contributed by atoms with van der Waals surface area (Å²) in [7, 11) is 0. The zero-order chi connectivity index (χ0) is 85.7. The van der Waals surface area contributed by atoms with E-state index in [9.17, 15) is 14.4 Å². The minimum Gasteiger partial charge on any atom is -0.475 e. The van der Waals surface area contributed by atoms with E-state index >= 15 is 0 Å². The maximum absolute atomic E-state index is 12.7. The normalized spacial score (nSPS) is 13.7. The Kier molecular flexibility index (Phi) is 27.5. The van der Waals surface area contributed by atoms with E-state index < -0.39 is 28.2 Å². The van der Waals surface area contributed by atoms with Gasteiger partial charge >= 0.3 is 18.2 Å². The minimum absolute atomic E-state index is 0. The summed E-state index contributed by atoms with van der Waals surface area (Å²) in [6.07, 6.45) is 23.2. The number of carbonyl (C=O) groups excluding carboxylic acids is 2. The number of carbonyl (C=O) groups is 3. The van der Waals surface area contributed by atoms with Gasteiger partial charge in [-0.15, -0.1) is 45.2 Å². The molecule has 0 spiro atoms. The predicted octanol–water partition coefficient (Wildman–Crippen LogP) is 20.8. The van der Waals surface area contributed by atoms with Crippen LogP contribution >= 0.6 is 24.8 Å². The average molecular weight is 1750 g/mol. The Bertz CT molecular complexity index is 6750. The van der Waals surface area contributed by atoms with Gasteiger partial charge in [0.25, 0.3) is 0 Å². The third-order valence-electron chi connectivity index (χ3n) is 22.5. The first-order valence-electron chi connectivity index (χ1n) is 41.1. The molecule has 20 rings (SSSR count). The van der Waals surface area contributed by atoms with Gasteiger partial charge in [0.1, 0.15) is 17.0 Å². The maximum atomic E-state index is 12.7. The highest BCUT2D eigenvalue weighted by Gasteiger charge is 2.43. The van der Waals surface area contributed by atoms with Gasteiger partial charge in [-0.05, 0) is 187 Å². The van der Waals surface area contributed by atoms with Crippen molar-refractivity contribution in [3.8, 4) is 90.5 Å². The molecule has 11 heterocycles. The van der Waals surface area contributed by atoms with E-state index in [1.165, 1.54) is 24.4 Å². The van der Waals surface area contributed by atoms with Gasteiger partial charge in [-0.25, -0.2) is 70.1 Å². The summed E-state index contributed by atoms with van der Waals surface area (Å²) < 4.78 is 14.9. The Hall–Kier alpha value is -14.5. The molecular formula is C99H99Cl2N21O6. The van der Waals surface area contributed by atoms with E-state index in [1.807, 2.05) is 136 Å². The summed E-state index contributed by atoms with van der Waals surface area (Å²) in [5.41, 5.74) is 26.3. The molecule has 0 aliphatic heterocycles. The van der Waals surface area contributed by atoms with E-state index in [1.54, 1.807) is 49.2 Å². The average Bonchev–Trinajstić information content (AvgIpc) is 1.47. The quantitative estimate of drug-likeness (QED) is 0.0410. The van der Waals surface area contributed by atoms with Crippen LogP contribution in [0.3, 0.4) is 0 Å². The number of pyridine rings is 6. The van der Waals surface area contributed by atoms with Crippen molar-refractivity contribution in [3.63, 3.8) is 0 Å². The number of nitrogens with two attached hydrogens (primary N) is 2. The fourth-order valence-electron chi connectivity index (χ4n) is 15.8. The molecule has 8 N–H and O–H groups in total. The van der Waals surface area contributed by atoms with E-state index in [0.717, 1.165) is 168 Å². The van der Waals surface area contributed by atoms with Crippen LogP contribution in [0.2, 0.25) is 0 Å². The zero-order valence-corrected chi connectivity index (χ0v) is 71.6. The van der Waals surface area contributed by atoms with Gasteiger partial charge in [0.15, 0.2) is 22.9 Å². The van der Waals surface area contributed by atoms with Gasteiger partial charge in [0.05, 0.1) is 44.7 Å². The molecule has 17 aromatic rings. The largest absolute Gasteiger partial charge is 0.475 e. The second kappa shape index (κ2) is 38.5. The molecule has 0 saturated heterocycles. The number of fused-ring (bicyclic) bond motifs is 7. The van der Waals surface area contributed by atoms with Crippen LogP contribution in [-0.2, 0) is 26.1 Å². The molecule has 3 aliphatic rings. The zero-order valence-electron chi connectivity index (χ0n) is 70.0. The number of nitrogens with one attached hydrogen (secondary N) is 3. The molecule has 650 valence electrons. The van der Waals surface area contributed by atoms with E-state index in [2.05, 4.69) is 199 Å². The Morgan fingerprint density at radius 1 is 0.398 bits per heavy atom. The number of ether oxygens (including phenoxy) is 2. The Balaban J connectivity index is 0.000000154. The lowest BCUT2D eigenvalue weighted by Crippen LogP contribution is -2.52. The third-order valence-corrected chi connectivity index (χ3v) is 22.5. The summed E-state index contributed by atoms with van der Waals surface area (Å²) in [4.78, 5) is 79.3. The Labute approximate surface area is 753 Å². The monoisotopic (exact) mass is 1750 g/mol. The fourth-order valence-corrected chi connectivity index (χ4v) is 15.8. The number of rotatable bonds is 15. The number of anilines is 1. The molecule has 27 nitrogen and oxygen atoms in total. The van der Waals surface area contributed by atoms with Crippen molar-refractivity contribution >= 4 is 92.8 Å². The highest BCUT2D eigenvalue weighted by atomic mass is 35.5. The number of nitrogens with zero attached hydrogens (tertiary/aromatic N) is 16. The third kappa shape index (κ3) is 19.3. The number of halogens is 2. The van der Waals surface area contributed by atoms with Crippen LogP contribution in [-0.4, -0.2) is 114 Å². The number of hydrogen-bond acceptors (Lipinski definition) is 22. The highest BCUT2D eigenvalue weighted by Crippen LogP contribution is 2.47. The van der Waals surface area contributed by atoms with Gasteiger partial charge in [-0.3, -0.25) is 8.80 Å². The smallest absolute Gasteiger partial charge is 0.408 e. The molecule has 6 aromatic carbocycles. The molecule has 128 heavy (non-hydrogen) atoms. The number of carboxylic acids is 1. The van der Waals surface area contributed by atoms with Crippen LogP contribution < -0.4 is 27.6 Å². The summed E-state index contributed by atoms with van der Waals surface area (Å²) in [6, 6.07) is 73.4. The molecule has 0 radical (unpaired) electrons. The number of hydrazine groups is 1. The summed E-state index contributed by atoms with van der Waals surface area (Å²) in [5, 5.41) is 35.0. The van der Waals surface area contributed by atoms with Gasteiger partial charge in [0.2, 0.25) is 17.5 Å². The van der Waals surface area contributed by atoms with Gasteiger partial charge < -0.3 is 36.4 Å². The fraction of sp³-hybridized carbons (Fsp3) is 0.222. The number of benzene rings is 6. The number of nitrogen functional groups attached to an aromatic ring is 1. The first kappa shape index (κ1) is 91.2. The molecular weight excluding hydrogens is 1650 g/mol. The highest BCUT2D eigenvalue weighted by molar-refractivity contribution is 6.01. The lowest BCUT2D eigenvalue weighted by molar-refractivity contribution is 0.0365.